The monoisotopic (exact) mass is 190 g/mol. The largest absolute Gasteiger partial charge is 0.478 e. The Morgan fingerprint density at radius 2 is 2.09 bits per heavy atom. The Bertz CT molecular complexity index is 162. The van der Waals surface area contributed by atoms with Crippen LogP contribution in [0, 0.1) is 0 Å². The van der Waals surface area contributed by atoms with Gasteiger partial charge in [0.2, 0.25) is 0 Å². The second-order valence-electron chi connectivity index (χ2n) is 2.16. The van der Waals surface area contributed by atoms with Gasteiger partial charge in [0.05, 0.1) is 4.58 Å². The fourth-order valence-corrected chi connectivity index (χ4v) is 3.39. The van der Waals surface area contributed by atoms with Crippen LogP contribution in [0.1, 0.15) is 6.42 Å². The van der Waals surface area contributed by atoms with Crippen molar-refractivity contribution in [2.45, 2.75) is 11.0 Å². The number of hydrogen-bond acceptors (Lipinski definition) is 3. The molecule has 0 unspecified atom stereocenters. The van der Waals surface area contributed by atoms with Crippen molar-refractivity contribution in [3.05, 3.63) is 12.2 Å². The number of carboxylic acid groups (broad SMARTS) is 1. The number of carbonyl (C=O) groups is 1. The summed E-state index contributed by atoms with van der Waals surface area (Å²) in [6.45, 7) is 0. The highest BCUT2D eigenvalue weighted by atomic mass is 32.2. The second kappa shape index (κ2) is 4.72. The van der Waals surface area contributed by atoms with Crippen molar-refractivity contribution in [1.29, 1.82) is 0 Å². The molecule has 0 amide bonds. The molecular weight excluding hydrogens is 180 g/mol. The molecule has 0 aromatic carbocycles. The molecule has 0 bridgehead atoms. The van der Waals surface area contributed by atoms with Gasteiger partial charge in [-0.1, -0.05) is 6.08 Å². The van der Waals surface area contributed by atoms with E-state index in [0.29, 0.717) is 4.58 Å². The van der Waals surface area contributed by atoms with Crippen molar-refractivity contribution in [1.82, 2.24) is 0 Å². The summed E-state index contributed by atoms with van der Waals surface area (Å²) in [4.78, 5) is 10.1. The van der Waals surface area contributed by atoms with E-state index in [1.54, 1.807) is 6.08 Å². The van der Waals surface area contributed by atoms with Gasteiger partial charge in [0, 0.05) is 6.08 Å². The van der Waals surface area contributed by atoms with E-state index in [2.05, 4.69) is 0 Å². The molecule has 1 aliphatic heterocycles. The Morgan fingerprint density at radius 1 is 1.45 bits per heavy atom. The zero-order chi connectivity index (χ0) is 8.10. The van der Waals surface area contributed by atoms with Gasteiger partial charge in [-0.2, -0.15) is 0 Å². The van der Waals surface area contributed by atoms with Crippen LogP contribution in [0.2, 0.25) is 0 Å². The van der Waals surface area contributed by atoms with Crippen molar-refractivity contribution < 1.29 is 9.90 Å². The lowest BCUT2D eigenvalue weighted by Crippen LogP contribution is -2.04. The smallest absolute Gasteiger partial charge is 0.328 e. The van der Waals surface area contributed by atoms with E-state index in [4.69, 9.17) is 5.11 Å². The zero-order valence-electron chi connectivity index (χ0n) is 6.03. The van der Waals surface area contributed by atoms with Gasteiger partial charge in [0.1, 0.15) is 0 Å². The molecule has 1 N–H and O–H groups in total. The normalized spacial score (nSPS) is 20.7. The third-order valence-corrected chi connectivity index (χ3v) is 4.09. The summed E-state index contributed by atoms with van der Waals surface area (Å²) in [7, 11) is 0. The molecule has 1 saturated heterocycles. The van der Waals surface area contributed by atoms with Crippen LogP contribution in [0.4, 0.5) is 0 Å². The van der Waals surface area contributed by atoms with Crippen LogP contribution >= 0.6 is 23.5 Å². The molecule has 1 rings (SSSR count). The summed E-state index contributed by atoms with van der Waals surface area (Å²) in [6.07, 6.45) is 4.24. The Kier molecular flexibility index (Phi) is 3.86. The first-order valence-corrected chi connectivity index (χ1v) is 5.53. The summed E-state index contributed by atoms with van der Waals surface area (Å²) in [5.74, 6) is 1.46. The second-order valence-corrected chi connectivity index (χ2v) is 4.96. The highest BCUT2D eigenvalue weighted by Gasteiger charge is 2.10. The lowest BCUT2D eigenvalue weighted by Gasteiger charge is -2.16. The number of rotatable bonds is 2. The van der Waals surface area contributed by atoms with Gasteiger partial charge in [0.25, 0.3) is 0 Å². The van der Waals surface area contributed by atoms with Gasteiger partial charge in [-0.3, -0.25) is 0 Å². The first-order chi connectivity index (χ1) is 5.29. The quantitative estimate of drug-likeness (QED) is 0.674. The molecule has 0 aliphatic carbocycles. The molecule has 0 aromatic heterocycles. The van der Waals surface area contributed by atoms with Crippen LogP contribution in [0.15, 0.2) is 12.2 Å². The van der Waals surface area contributed by atoms with E-state index in [-0.39, 0.29) is 0 Å². The number of aliphatic carboxylic acids is 1. The summed E-state index contributed by atoms with van der Waals surface area (Å²) in [6, 6.07) is 0. The van der Waals surface area contributed by atoms with E-state index >= 15 is 0 Å². The number of carboxylic acids is 1. The van der Waals surface area contributed by atoms with E-state index in [9.17, 15) is 4.79 Å². The topological polar surface area (TPSA) is 37.3 Å². The minimum atomic E-state index is -0.850. The average molecular weight is 190 g/mol. The highest BCUT2D eigenvalue weighted by molar-refractivity contribution is 8.17. The standard InChI is InChI=1S/C7H10O2S2/c8-6(9)2-3-7-10-4-1-5-11-7/h2-3,7H,1,4-5H2,(H,8,9)/b3-2-. The molecule has 1 fully saturated rings. The third-order valence-electron chi connectivity index (χ3n) is 1.25. The first kappa shape index (κ1) is 9.00. The van der Waals surface area contributed by atoms with Crippen LogP contribution < -0.4 is 0 Å². The minimum absolute atomic E-state index is 0.361. The molecule has 1 heterocycles. The fourth-order valence-electron chi connectivity index (χ4n) is 0.778. The molecule has 0 aromatic rings. The Balaban J connectivity index is 2.29. The lowest BCUT2D eigenvalue weighted by atomic mass is 10.5. The molecule has 62 valence electrons. The zero-order valence-corrected chi connectivity index (χ0v) is 7.66. The Hall–Kier alpha value is -0.0900. The summed E-state index contributed by atoms with van der Waals surface area (Å²) < 4.78 is 0.361. The SMILES string of the molecule is O=C(O)/C=C\C1SCCCS1. The maximum absolute atomic E-state index is 10.1. The Labute approximate surface area is 74.4 Å². The number of hydrogen-bond donors (Lipinski definition) is 1. The van der Waals surface area contributed by atoms with Crippen LogP contribution in [-0.4, -0.2) is 27.2 Å². The average Bonchev–Trinajstić information content (AvgIpc) is 2.03. The maximum atomic E-state index is 10.1. The van der Waals surface area contributed by atoms with Crippen LogP contribution in [0.25, 0.3) is 0 Å². The molecule has 0 spiro atoms. The molecule has 0 saturated carbocycles. The summed E-state index contributed by atoms with van der Waals surface area (Å²) in [5.41, 5.74) is 0. The first-order valence-electron chi connectivity index (χ1n) is 3.43. The molecule has 0 atom stereocenters. The fraction of sp³-hybridized carbons (Fsp3) is 0.571. The van der Waals surface area contributed by atoms with Gasteiger partial charge in [0.15, 0.2) is 0 Å². The van der Waals surface area contributed by atoms with Gasteiger partial charge >= 0.3 is 5.97 Å². The predicted molar refractivity (Wildman–Crippen MR) is 50.1 cm³/mol. The van der Waals surface area contributed by atoms with Gasteiger partial charge in [-0.15, -0.1) is 23.5 Å². The molecule has 4 heteroatoms. The maximum Gasteiger partial charge on any atom is 0.328 e. The minimum Gasteiger partial charge on any atom is -0.478 e. The van der Waals surface area contributed by atoms with Crippen molar-refractivity contribution >= 4 is 29.5 Å². The van der Waals surface area contributed by atoms with Crippen LogP contribution in [-0.2, 0) is 4.79 Å². The molecule has 0 radical (unpaired) electrons. The number of thioether (sulfide) groups is 2. The van der Waals surface area contributed by atoms with Crippen molar-refractivity contribution in [2.75, 3.05) is 11.5 Å². The molecule has 11 heavy (non-hydrogen) atoms. The Morgan fingerprint density at radius 3 is 2.64 bits per heavy atom. The van der Waals surface area contributed by atoms with Gasteiger partial charge in [-0.05, 0) is 17.9 Å². The summed E-state index contributed by atoms with van der Waals surface area (Å²) >= 11 is 3.64. The van der Waals surface area contributed by atoms with E-state index in [1.807, 2.05) is 23.5 Å². The van der Waals surface area contributed by atoms with Crippen LogP contribution in [0.5, 0.6) is 0 Å². The summed E-state index contributed by atoms with van der Waals surface area (Å²) in [5, 5.41) is 8.34. The highest BCUT2D eigenvalue weighted by Crippen LogP contribution is 2.31. The lowest BCUT2D eigenvalue weighted by molar-refractivity contribution is -0.131. The van der Waals surface area contributed by atoms with Crippen molar-refractivity contribution in [3.8, 4) is 0 Å². The third kappa shape index (κ3) is 3.72. The predicted octanol–water partition coefficient (Wildman–Crippen LogP) is 1.82. The molecule has 2 nitrogen and oxygen atoms in total. The van der Waals surface area contributed by atoms with Crippen molar-refractivity contribution in [2.24, 2.45) is 0 Å². The van der Waals surface area contributed by atoms with Crippen molar-refractivity contribution in [3.63, 3.8) is 0 Å². The van der Waals surface area contributed by atoms with E-state index in [1.165, 1.54) is 12.5 Å². The van der Waals surface area contributed by atoms with Gasteiger partial charge in [-0.25, -0.2) is 4.79 Å². The molecule has 1 aliphatic rings. The molecular formula is C7H10O2S2. The van der Waals surface area contributed by atoms with E-state index in [0.717, 1.165) is 11.5 Å². The van der Waals surface area contributed by atoms with Crippen LogP contribution in [0.3, 0.4) is 0 Å². The van der Waals surface area contributed by atoms with E-state index < -0.39 is 5.97 Å². The van der Waals surface area contributed by atoms with Gasteiger partial charge < -0.3 is 5.11 Å².